The molecule has 138 valence electrons. The zero-order valence-corrected chi connectivity index (χ0v) is 15.3. The molecule has 5 heteroatoms. The summed E-state index contributed by atoms with van der Waals surface area (Å²) in [7, 11) is 0. The smallest absolute Gasteiger partial charge is 0.253 e. The maximum atomic E-state index is 12.7. The van der Waals surface area contributed by atoms with Crippen LogP contribution >= 0.6 is 0 Å². The predicted molar refractivity (Wildman–Crippen MR) is 98.7 cm³/mol. The van der Waals surface area contributed by atoms with E-state index >= 15 is 0 Å². The Hall–Kier alpha value is -1.88. The van der Waals surface area contributed by atoms with Gasteiger partial charge in [0.15, 0.2) is 0 Å². The van der Waals surface area contributed by atoms with Gasteiger partial charge in [-0.05, 0) is 43.9 Å². The van der Waals surface area contributed by atoms with Crippen LogP contribution < -0.4 is 5.32 Å². The lowest BCUT2D eigenvalue weighted by atomic mass is 9.92. The standard InChI is InChI=1S/C20H30N2O3/c1-3-12-22(13-4-2)20(25)16-9-7-8-15(14-16)19(24)21-17-10-5-6-11-18(17)23/h7-9,14,17-18,23H,3-6,10-13H2,1-2H3,(H,21,24). The third-order valence-electron chi connectivity index (χ3n) is 4.69. The fourth-order valence-corrected chi connectivity index (χ4v) is 3.36. The molecule has 2 amide bonds. The van der Waals surface area contributed by atoms with Crippen LogP contribution in [-0.4, -0.2) is 47.1 Å². The molecule has 25 heavy (non-hydrogen) atoms. The number of hydrogen-bond acceptors (Lipinski definition) is 3. The summed E-state index contributed by atoms with van der Waals surface area (Å²) >= 11 is 0. The zero-order chi connectivity index (χ0) is 18.2. The lowest BCUT2D eigenvalue weighted by Gasteiger charge is -2.28. The van der Waals surface area contributed by atoms with Crippen LogP contribution in [0.5, 0.6) is 0 Å². The summed E-state index contributed by atoms with van der Waals surface area (Å²) in [5.74, 6) is -0.255. The molecule has 2 atom stereocenters. The number of nitrogens with zero attached hydrogens (tertiary/aromatic N) is 1. The Bertz CT molecular complexity index is 582. The molecule has 1 aliphatic rings. The van der Waals surface area contributed by atoms with Crippen molar-refractivity contribution in [1.29, 1.82) is 0 Å². The first-order valence-electron chi connectivity index (χ1n) is 9.45. The third kappa shape index (κ3) is 5.30. The molecular weight excluding hydrogens is 316 g/mol. The van der Waals surface area contributed by atoms with Crippen molar-refractivity contribution in [3.63, 3.8) is 0 Å². The number of aliphatic hydroxyl groups is 1. The van der Waals surface area contributed by atoms with Crippen LogP contribution in [0.1, 0.15) is 73.1 Å². The summed E-state index contributed by atoms with van der Waals surface area (Å²) in [6.07, 6.45) is 4.88. The molecule has 2 rings (SSSR count). The molecular formula is C20H30N2O3. The normalized spacial score (nSPS) is 20.1. The number of rotatable bonds is 7. The Morgan fingerprint density at radius 3 is 2.40 bits per heavy atom. The van der Waals surface area contributed by atoms with Gasteiger partial charge in [-0.25, -0.2) is 0 Å². The number of amides is 2. The van der Waals surface area contributed by atoms with E-state index < -0.39 is 6.10 Å². The van der Waals surface area contributed by atoms with Crippen molar-refractivity contribution in [3.05, 3.63) is 35.4 Å². The van der Waals surface area contributed by atoms with Crippen molar-refractivity contribution in [2.45, 2.75) is 64.5 Å². The highest BCUT2D eigenvalue weighted by molar-refractivity contribution is 5.99. The van der Waals surface area contributed by atoms with Gasteiger partial charge in [0, 0.05) is 24.2 Å². The lowest BCUT2D eigenvalue weighted by Crippen LogP contribution is -2.45. The Morgan fingerprint density at radius 1 is 1.12 bits per heavy atom. The van der Waals surface area contributed by atoms with Crippen molar-refractivity contribution < 1.29 is 14.7 Å². The van der Waals surface area contributed by atoms with E-state index in [9.17, 15) is 14.7 Å². The first kappa shape index (κ1) is 19.4. The van der Waals surface area contributed by atoms with Gasteiger partial charge in [-0.3, -0.25) is 9.59 Å². The minimum Gasteiger partial charge on any atom is -0.391 e. The van der Waals surface area contributed by atoms with E-state index in [0.29, 0.717) is 11.1 Å². The molecule has 1 aromatic rings. The molecule has 0 aliphatic heterocycles. The second kappa shape index (κ2) is 9.56. The number of carbonyl (C=O) groups is 2. The van der Waals surface area contributed by atoms with E-state index in [0.717, 1.165) is 51.6 Å². The van der Waals surface area contributed by atoms with Crippen LogP contribution in [0.15, 0.2) is 24.3 Å². The Balaban J connectivity index is 2.08. The number of aliphatic hydroxyl groups excluding tert-OH is 1. The zero-order valence-electron chi connectivity index (χ0n) is 15.3. The topological polar surface area (TPSA) is 69.6 Å². The van der Waals surface area contributed by atoms with Crippen molar-refractivity contribution >= 4 is 11.8 Å². The summed E-state index contributed by atoms with van der Waals surface area (Å²) in [6, 6.07) is 6.68. The van der Waals surface area contributed by atoms with Crippen LogP contribution in [0.25, 0.3) is 0 Å². The van der Waals surface area contributed by atoms with E-state index in [1.165, 1.54) is 0 Å². The quantitative estimate of drug-likeness (QED) is 0.797. The molecule has 5 nitrogen and oxygen atoms in total. The fourth-order valence-electron chi connectivity index (χ4n) is 3.36. The van der Waals surface area contributed by atoms with Crippen LogP contribution in [0.3, 0.4) is 0 Å². The van der Waals surface area contributed by atoms with Gasteiger partial charge in [0.25, 0.3) is 11.8 Å². The average molecular weight is 346 g/mol. The van der Waals surface area contributed by atoms with Gasteiger partial charge in [-0.2, -0.15) is 0 Å². The molecule has 1 fully saturated rings. The maximum absolute atomic E-state index is 12.7. The Morgan fingerprint density at radius 2 is 1.76 bits per heavy atom. The minimum absolute atomic E-state index is 0.0314. The van der Waals surface area contributed by atoms with Crippen LogP contribution in [0, 0.1) is 0 Å². The number of nitrogens with one attached hydrogen (secondary N) is 1. The van der Waals surface area contributed by atoms with Crippen molar-refractivity contribution in [1.82, 2.24) is 10.2 Å². The Kier molecular flexibility index (Phi) is 7.44. The highest BCUT2D eigenvalue weighted by Gasteiger charge is 2.25. The largest absolute Gasteiger partial charge is 0.391 e. The van der Waals surface area contributed by atoms with E-state index in [2.05, 4.69) is 19.2 Å². The summed E-state index contributed by atoms with van der Waals surface area (Å²) in [4.78, 5) is 27.0. The molecule has 2 unspecified atom stereocenters. The molecule has 1 saturated carbocycles. The number of carbonyl (C=O) groups excluding carboxylic acids is 2. The summed E-state index contributed by atoms with van der Waals surface area (Å²) in [5.41, 5.74) is 1.01. The third-order valence-corrected chi connectivity index (χ3v) is 4.69. The number of hydrogen-bond donors (Lipinski definition) is 2. The van der Waals surface area contributed by atoms with Gasteiger partial charge < -0.3 is 15.3 Å². The van der Waals surface area contributed by atoms with E-state index in [4.69, 9.17) is 0 Å². The summed E-state index contributed by atoms with van der Waals surface area (Å²) in [5, 5.41) is 12.9. The summed E-state index contributed by atoms with van der Waals surface area (Å²) in [6.45, 7) is 5.54. The van der Waals surface area contributed by atoms with Crippen molar-refractivity contribution in [2.24, 2.45) is 0 Å². The van der Waals surface area contributed by atoms with E-state index in [1.807, 2.05) is 4.90 Å². The van der Waals surface area contributed by atoms with Crippen LogP contribution in [-0.2, 0) is 0 Å². The maximum Gasteiger partial charge on any atom is 0.253 e. The SMILES string of the molecule is CCCN(CCC)C(=O)c1cccc(C(=O)NC2CCCCC2O)c1. The molecule has 0 bridgehead atoms. The predicted octanol–water partition coefficient (Wildman–Crippen LogP) is 2.98. The molecule has 0 saturated heterocycles. The monoisotopic (exact) mass is 346 g/mol. The highest BCUT2D eigenvalue weighted by Crippen LogP contribution is 2.19. The minimum atomic E-state index is -0.480. The first-order chi connectivity index (χ1) is 12.1. The Labute approximate surface area is 150 Å². The van der Waals surface area contributed by atoms with Crippen molar-refractivity contribution in [3.8, 4) is 0 Å². The molecule has 0 radical (unpaired) electrons. The van der Waals surface area contributed by atoms with Gasteiger partial charge in [0.05, 0.1) is 12.1 Å². The van der Waals surface area contributed by atoms with Crippen LogP contribution in [0.4, 0.5) is 0 Å². The van der Waals surface area contributed by atoms with Gasteiger partial charge in [0.1, 0.15) is 0 Å². The lowest BCUT2D eigenvalue weighted by molar-refractivity contribution is 0.0717. The van der Waals surface area contributed by atoms with Crippen LogP contribution in [0.2, 0.25) is 0 Å². The van der Waals surface area contributed by atoms with E-state index in [1.54, 1.807) is 24.3 Å². The van der Waals surface area contributed by atoms with Gasteiger partial charge in [-0.15, -0.1) is 0 Å². The van der Waals surface area contributed by atoms with Gasteiger partial charge in [-0.1, -0.05) is 32.8 Å². The second-order valence-electron chi connectivity index (χ2n) is 6.80. The van der Waals surface area contributed by atoms with E-state index in [-0.39, 0.29) is 17.9 Å². The van der Waals surface area contributed by atoms with Gasteiger partial charge in [0.2, 0.25) is 0 Å². The average Bonchev–Trinajstić information content (AvgIpc) is 2.63. The second-order valence-corrected chi connectivity index (χ2v) is 6.80. The molecule has 2 N–H and O–H groups in total. The summed E-state index contributed by atoms with van der Waals surface area (Å²) < 4.78 is 0. The molecule has 1 aliphatic carbocycles. The molecule has 1 aromatic carbocycles. The molecule has 0 aromatic heterocycles. The first-order valence-corrected chi connectivity index (χ1v) is 9.45. The molecule has 0 spiro atoms. The van der Waals surface area contributed by atoms with Crippen molar-refractivity contribution in [2.75, 3.05) is 13.1 Å². The molecule has 0 heterocycles. The number of benzene rings is 1. The highest BCUT2D eigenvalue weighted by atomic mass is 16.3. The van der Waals surface area contributed by atoms with Gasteiger partial charge >= 0.3 is 0 Å². The fraction of sp³-hybridized carbons (Fsp3) is 0.600.